The molecule has 21 heavy (non-hydrogen) atoms. The molecule has 0 spiro atoms. The minimum Gasteiger partial charge on any atom is -0.307 e. The Morgan fingerprint density at radius 2 is 0.857 bits per heavy atom. The molecule has 0 N–H and O–H groups in total. The Kier molecular flexibility index (Phi) is 22.7. The number of halogens is 1. The lowest BCUT2D eigenvalue weighted by Crippen LogP contribution is -2.18. The van der Waals surface area contributed by atoms with E-state index in [0.717, 1.165) is 0 Å². The zero-order chi connectivity index (χ0) is 14.9. The molecule has 0 saturated heterocycles. The van der Waals surface area contributed by atoms with Gasteiger partial charge < -0.3 is 4.90 Å². The van der Waals surface area contributed by atoms with Gasteiger partial charge in [0.25, 0.3) is 0 Å². The average molecular weight is 320 g/mol. The van der Waals surface area contributed by atoms with Gasteiger partial charge in [0.1, 0.15) is 0 Å². The van der Waals surface area contributed by atoms with Gasteiger partial charge in [0.2, 0.25) is 0 Å². The Hall–Kier alpha value is 0.250. The van der Waals surface area contributed by atoms with Crippen molar-refractivity contribution < 1.29 is 0 Å². The molecule has 0 radical (unpaired) electrons. The first-order valence-corrected chi connectivity index (χ1v) is 9.49. The molecule has 0 aromatic carbocycles. The van der Waals surface area contributed by atoms with Crippen LogP contribution in [-0.2, 0) is 0 Å². The quantitative estimate of drug-likeness (QED) is 0.281. The van der Waals surface area contributed by atoms with Crippen LogP contribution in [0.2, 0.25) is 0 Å². The molecule has 1 nitrogen and oxygen atoms in total. The van der Waals surface area contributed by atoms with E-state index in [9.17, 15) is 0 Å². The van der Waals surface area contributed by atoms with Crippen LogP contribution in [0, 0.1) is 0 Å². The largest absolute Gasteiger partial charge is 0.307 e. The van der Waals surface area contributed by atoms with E-state index >= 15 is 0 Å². The lowest BCUT2D eigenvalue weighted by Gasteiger charge is -2.12. The Morgan fingerprint density at radius 3 is 1.19 bits per heavy atom. The third-order valence-electron chi connectivity index (χ3n) is 4.43. The van der Waals surface area contributed by atoms with Gasteiger partial charge >= 0.3 is 0 Å². The van der Waals surface area contributed by atoms with Crippen molar-refractivity contribution in [2.45, 2.75) is 104 Å². The minimum atomic E-state index is 0. The maximum Gasteiger partial charge on any atom is -0.00219 e. The van der Waals surface area contributed by atoms with E-state index in [1.807, 2.05) is 0 Å². The molecule has 0 aromatic rings. The van der Waals surface area contributed by atoms with E-state index in [0.29, 0.717) is 0 Å². The molecule has 0 saturated carbocycles. The second kappa shape index (κ2) is 20.2. The lowest BCUT2D eigenvalue weighted by molar-refractivity contribution is 0.340. The molecule has 0 aliphatic rings. The van der Waals surface area contributed by atoms with E-state index < -0.39 is 0 Å². The van der Waals surface area contributed by atoms with Crippen LogP contribution in [0.25, 0.3) is 0 Å². The monoisotopic (exact) mass is 319 g/mol. The van der Waals surface area contributed by atoms with Crippen LogP contribution in [0.5, 0.6) is 0 Å². The van der Waals surface area contributed by atoms with Gasteiger partial charge in [-0.25, -0.2) is 0 Å². The highest BCUT2D eigenvalue weighted by Crippen LogP contribution is 2.12. The van der Waals surface area contributed by atoms with Gasteiger partial charge in [0, 0.05) is 0 Å². The van der Waals surface area contributed by atoms with E-state index in [1.165, 1.54) is 103 Å². The summed E-state index contributed by atoms with van der Waals surface area (Å²) in [6.07, 6.45) is 20.3. The molecule has 130 valence electrons. The van der Waals surface area contributed by atoms with Gasteiger partial charge in [0.15, 0.2) is 0 Å². The molecule has 0 aliphatic heterocycles. The summed E-state index contributed by atoms with van der Waals surface area (Å²) in [5.74, 6) is 0. The van der Waals surface area contributed by atoms with Crippen LogP contribution in [0.4, 0.5) is 0 Å². The zero-order valence-corrected chi connectivity index (χ0v) is 16.0. The van der Waals surface area contributed by atoms with Gasteiger partial charge in [-0.05, 0) is 26.6 Å². The number of unbranched alkanes of at least 4 members (excludes halogenated alkanes) is 13. The number of nitrogens with zero attached hydrogens (tertiary/aromatic N) is 1. The second-order valence-electron chi connectivity index (χ2n) is 6.49. The molecular weight excluding hydrogens is 278 g/mol. The van der Waals surface area contributed by atoms with E-state index in [-0.39, 0.29) is 12.4 Å². The number of rotatable bonds is 16. The Bertz CT molecular complexity index is 173. The van der Waals surface area contributed by atoms with Crippen LogP contribution in [0.1, 0.15) is 104 Å². The summed E-state index contributed by atoms with van der Waals surface area (Å²) in [5.41, 5.74) is 0. The Labute approximate surface area is 141 Å². The first-order chi connectivity index (χ1) is 9.81. The SMILES string of the molecule is CCCCCCCCCCCCCCCCN(C)CC.Cl. The fourth-order valence-electron chi connectivity index (χ4n) is 2.73. The molecule has 0 heterocycles. The van der Waals surface area contributed by atoms with Crippen molar-refractivity contribution in [2.24, 2.45) is 0 Å². The molecule has 0 rings (SSSR count). The van der Waals surface area contributed by atoms with Gasteiger partial charge in [-0.15, -0.1) is 12.4 Å². The molecule has 0 amide bonds. The summed E-state index contributed by atoms with van der Waals surface area (Å²) < 4.78 is 0. The summed E-state index contributed by atoms with van der Waals surface area (Å²) in [7, 11) is 2.22. The van der Waals surface area contributed by atoms with Crippen molar-refractivity contribution in [3.05, 3.63) is 0 Å². The van der Waals surface area contributed by atoms with Gasteiger partial charge in [-0.1, -0.05) is 97.3 Å². The van der Waals surface area contributed by atoms with Crippen LogP contribution in [-0.4, -0.2) is 25.0 Å². The Balaban J connectivity index is 0. The van der Waals surface area contributed by atoms with E-state index in [2.05, 4.69) is 25.8 Å². The van der Waals surface area contributed by atoms with Crippen LogP contribution < -0.4 is 0 Å². The first kappa shape index (κ1) is 23.5. The Morgan fingerprint density at radius 1 is 0.524 bits per heavy atom. The highest BCUT2D eigenvalue weighted by molar-refractivity contribution is 5.85. The normalized spacial score (nSPS) is 10.9. The van der Waals surface area contributed by atoms with Gasteiger partial charge in [-0.2, -0.15) is 0 Å². The smallest absolute Gasteiger partial charge is 0.00219 e. The molecule has 0 fully saturated rings. The molecule has 2 heteroatoms. The summed E-state index contributed by atoms with van der Waals surface area (Å²) in [5, 5.41) is 0. The second-order valence-corrected chi connectivity index (χ2v) is 6.49. The summed E-state index contributed by atoms with van der Waals surface area (Å²) in [6, 6.07) is 0. The summed E-state index contributed by atoms with van der Waals surface area (Å²) in [4.78, 5) is 2.42. The maximum atomic E-state index is 2.42. The molecule has 0 unspecified atom stereocenters. The lowest BCUT2D eigenvalue weighted by atomic mass is 10.0. The first-order valence-electron chi connectivity index (χ1n) is 9.49. The molecular formula is C19H42ClN. The number of hydrogen-bond donors (Lipinski definition) is 0. The minimum absolute atomic E-state index is 0. The van der Waals surface area contributed by atoms with Crippen molar-refractivity contribution >= 4 is 12.4 Å². The van der Waals surface area contributed by atoms with Crippen molar-refractivity contribution in [1.82, 2.24) is 4.90 Å². The highest BCUT2D eigenvalue weighted by Gasteiger charge is 1.95. The average Bonchev–Trinajstić information content (AvgIpc) is 2.47. The van der Waals surface area contributed by atoms with Crippen LogP contribution >= 0.6 is 12.4 Å². The standard InChI is InChI=1S/C19H41N.ClH/c1-4-6-7-8-9-10-11-12-13-14-15-16-17-18-19-20(3)5-2;/h4-19H2,1-3H3;1H. The third-order valence-corrected chi connectivity index (χ3v) is 4.43. The van der Waals surface area contributed by atoms with Crippen LogP contribution in [0.15, 0.2) is 0 Å². The van der Waals surface area contributed by atoms with Crippen molar-refractivity contribution in [3.63, 3.8) is 0 Å². The fraction of sp³-hybridized carbons (Fsp3) is 1.00. The summed E-state index contributed by atoms with van der Waals surface area (Å²) in [6.45, 7) is 7.01. The predicted octanol–water partition coefficient (Wildman–Crippen LogP) is 6.84. The highest BCUT2D eigenvalue weighted by atomic mass is 35.5. The van der Waals surface area contributed by atoms with Gasteiger partial charge in [0.05, 0.1) is 0 Å². The fourth-order valence-corrected chi connectivity index (χ4v) is 2.73. The van der Waals surface area contributed by atoms with Gasteiger partial charge in [-0.3, -0.25) is 0 Å². The predicted molar refractivity (Wildman–Crippen MR) is 101 cm³/mol. The van der Waals surface area contributed by atoms with E-state index in [4.69, 9.17) is 0 Å². The third kappa shape index (κ3) is 20.2. The molecule has 0 aliphatic carbocycles. The van der Waals surface area contributed by atoms with Crippen molar-refractivity contribution in [1.29, 1.82) is 0 Å². The number of hydrogen-bond acceptors (Lipinski definition) is 1. The van der Waals surface area contributed by atoms with Crippen LogP contribution in [0.3, 0.4) is 0 Å². The molecule has 0 bridgehead atoms. The molecule has 0 atom stereocenters. The van der Waals surface area contributed by atoms with E-state index in [1.54, 1.807) is 0 Å². The topological polar surface area (TPSA) is 3.24 Å². The van der Waals surface area contributed by atoms with Crippen molar-refractivity contribution in [3.8, 4) is 0 Å². The molecule has 0 aromatic heterocycles. The van der Waals surface area contributed by atoms with Crippen molar-refractivity contribution in [2.75, 3.05) is 20.1 Å². The summed E-state index contributed by atoms with van der Waals surface area (Å²) >= 11 is 0. The maximum absolute atomic E-state index is 2.42. The zero-order valence-electron chi connectivity index (χ0n) is 15.2.